The number of nitrogens with one attached hydrogen (secondary N) is 1. The highest BCUT2D eigenvalue weighted by Crippen LogP contribution is 2.35. The largest absolute Gasteiger partial charge is 0.454 e. The van der Waals surface area contributed by atoms with Crippen LogP contribution in [0.4, 0.5) is 5.82 Å². The molecule has 0 spiro atoms. The standard InChI is InChI=1S/C17H13ClN4O3/c18-10-2-3-12-11(6-10)17(21-7-20-12)22-15(16(19)23)9-1-4-13-14(5-9)25-8-24-13/h1-7,15H,8H2,(H2,19,23)(H,20,21,22). The first kappa shape index (κ1) is 15.5. The fourth-order valence-electron chi connectivity index (χ4n) is 2.69. The minimum absolute atomic E-state index is 0.155. The molecule has 4 rings (SSSR count). The average Bonchev–Trinajstić information content (AvgIpc) is 3.07. The Morgan fingerprint density at radius 3 is 2.84 bits per heavy atom. The van der Waals surface area contributed by atoms with Crippen molar-refractivity contribution in [1.29, 1.82) is 0 Å². The van der Waals surface area contributed by atoms with Crippen LogP contribution >= 0.6 is 11.6 Å². The highest BCUT2D eigenvalue weighted by atomic mass is 35.5. The van der Waals surface area contributed by atoms with Crippen LogP contribution in [0.2, 0.25) is 5.02 Å². The molecule has 0 saturated heterocycles. The van der Waals surface area contributed by atoms with Crippen LogP contribution in [0.1, 0.15) is 11.6 Å². The van der Waals surface area contributed by atoms with Gasteiger partial charge in [-0.05, 0) is 35.9 Å². The second-order valence-corrected chi connectivity index (χ2v) is 5.91. The Kier molecular flexibility index (Phi) is 3.77. The van der Waals surface area contributed by atoms with Crippen LogP contribution in [0.3, 0.4) is 0 Å². The van der Waals surface area contributed by atoms with E-state index in [0.717, 1.165) is 0 Å². The van der Waals surface area contributed by atoms with Gasteiger partial charge < -0.3 is 20.5 Å². The zero-order valence-electron chi connectivity index (χ0n) is 12.9. The van der Waals surface area contributed by atoms with Gasteiger partial charge >= 0.3 is 0 Å². The van der Waals surface area contributed by atoms with E-state index in [1.54, 1.807) is 36.4 Å². The molecule has 0 fully saturated rings. The molecule has 1 unspecified atom stereocenters. The van der Waals surface area contributed by atoms with Crippen LogP contribution < -0.4 is 20.5 Å². The topological polar surface area (TPSA) is 99.4 Å². The van der Waals surface area contributed by atoms with Crippen LogP contribution in [0.15, 0.2) is 42.7 Å². The minimum Gasteiger partial charge on any atom is -0.454 e. The predicted molar refractivity (Wildman–Crippen MR) is 92.7 cm³/mol. The molecule has 1 atom stereocenters. The number of benzene rings is 2. The average molecular weight is 357 g/mol. The van der Waals surface area contributed by atoms with E-state index in [0.29, 0.717) is 38.8 Å². The highest BCUT2D eigenvalue weighted by molar-refractivity contribution is 6.31. The van der Waals surface area contributed by atoms with E-state index >= 15 is 0 Å². The molecule has 3 aromatic rings. The number of halogens is 1. The molecule has 2 aromatic carbocycles. The lowest BCUT2D eigenvalue weighted by Crippen LogP contribution is -2.28. The number of carbonyl (C=O) groups excluding carboxylic acids is 1. The molecule has 8 heteroatoms. The van der Waals surface area contributed by atoms with Crippen LogP contribution in [0, 0.1) is 0 Å². The van der Waals surface area contributed by atoms with Crippen LogP contribution in [0.25, 0.3) is 10.9 Å². The molecule has 1 aromatic heterocycles. The molecule has 0 radical (unpaired) electrons. The van der Waals surface area contributed by atoms with Crippen LogP contribution in [-0.2, 0) is 4.79 Å². The molecule has 1 aliphatic heterocycles. The van der Waals surface area contributed by atoms with Crippen LogP contribution in [0.5, 0.6) is 11.5 Å². The molecular formula is C17H13ClN4O3. The Hall–Kier alpha value is -3.06. The maximum atomic E-state index is 12.0. The minimum atomic E-state index is -0.799. The Morgan fingerprint density at radius 1 is 1.16 bits per heavy atom. The number of carbonyl (C=O) groups is 1. The van der Waals surface area contributed by atoms with Crippen molar-refractivity contribution < 1.29 is 14.3 Å². The van der Waals surface area contributed by atoms with Gasteiger partial charge in [-0.2, -0.15) is 0 Å². The number of nitrogens with zero attached hydrogens (tertiary/aromatic N) is 2. The van der Waals surface area contributed by atoms with E-state index < -0.39 is 11.9 Å². The first-order valence-electron chi connectivity index (χ1n) is 7.47. The summed E-state index contributed by atoms with van der Waals surface area (Å²) in [5.74, 6) is 1.12. The maximum absolute atomic E-state index is 12.0. The van der Waals surface area contributed by atoms with E-state index in [2.05, 4.69) is 15.3 Å². The normalized spacial score (nSPS) is 13.6. The number of nitrogens with two attached hydrogens (primary N) is 1. The number of ether oxygens (including phenoxy) is 2. The summed E-state index contributed by atoms with van der Waals surface area (Å²) in [5.41, 5.74) is 6.94. The van der Waals surface area contributed by atoms with Crippen molar-refractivity contribution in [3.05, 3.63) is 53.3 Å². The van der Waals surface area contributed by atoms with Crippen molar-refractivity contribution in [2.24, 2.45) is 5.73 Å². The summed E-state index contributed by atoms with van der Waals surface area (Å²) >= 11 is 6.07. The molecule has 0 bridgehead atoms. The smallest absolute Gasteiger partial charge is 0.244 e. The summed E-state index contributed by atoms with van der Waals surface area (Å²) < 4.78 is 10.6. The van der Waals surface area contributed by atoms with E-state index in [1.807, 2.05) is 0 Å². The number of aromatic nitrogens is 2. The van der Waals surface area contributed by atoms with Gasteiger partial charge in [0.25, 0.3) is 0 Å². The van der Waals surface area contributed by atoms with Crippen molar-refractivity contribution in [2.45, 2.75) is 6.04 Å². The number of primary amides is 1. The fourth-order valence-corrected chi connectivity index (χ4v) is 2.86. The lowest BCUT2D eigenvalue weighted by atomic mass is 10.1. The lowest BCUT2D eigenvalue weighted by molar-refractivity contribution is -0.118. The van der Waals surface area contributed by atoms with Crippen molar-refractivity contribution in [3.8, 4) is 11.5 Å². The third-order valence-electron chi connectivity index (χ3n) is 3.89. The van der Waals surface area contributed by atoms with Crippen molar-refractivity contribution in [3.63, 3.8) is 0 Å². The summed E-state index contributed by atoms with van der Waals surface area (Å²) in [6, 6.07) is 9.68. The van der Waals surface area contributed by atoms with E-state index in [4.69, 9.17) is 26.8 Å². The van der Waals surface area contributed by atoms with Crippen molar-refractivity contribution in [2.75, 3.05) is 12.1 Å². The third kappa shape index (κ3) is 2.89. The quantitative estimate of drug-likeness (QED) is 0.745. The zero-order chi connectivity index (χ0) is 17.4. The third-order valence-corrected chi connectivity index (χ3v) is 4.13. The highest BCUT2D eigenvalue weighted by Gasteiger charge is 2.23. The van der Waals surface area contributed by atoms with Gasteiger partial charge in [0, 0.05) is 10.4 Å². The summed E-state index contributed by atoms with van der Waals surface area (Å²) in [7, 11) is 0. The van der Waals surface area contributed by atoms with Gasteiger partial charge in [0.1, 0.15) is 18.2 Å². The molecular weight excluding hydrogens is 344 g/mol. The number of hydrogen-bond acceptors (Lipinski definition) is 6. The number of anilines is 1. The summed E-state index contributed by atoms with van der Waals surface area (Å²) in [4.78, 5) is 20.4. The lowest BCUT2D eigenvalue weighted by Gasteiger charge is -2.18. The second kappa shape index (κ2) is 6.10. The SMILES string of the molecule is NC(=O)C(Nc1ncnc2ccc(Cl)cc12)c1ccc2c(c1)OCO2. The Labute approximate surface area is 147 Å². The van der Waals surface area contributed by atoms with Crippen molar-refractivity contribution >= 4 is 34.2 Å². The summed E-state index contributed by atoms with van der Waals surface area (Å²) in [6.45, 7) is 0.155. The number of hydrogen-bond donors (Lipinski definition) is 2. The van der Waals surface area contributed by atoms with E-state index in [9.17, 15) is 4.79 Å². The van der Waals surface area contributed by atoms with Gasteiger partial charge in [0.05, 0.1) is 5.52 Å². The number of amides is 1. The van der Waals surface area contributed by atoms with Gasteiger partial charge in [-0.3, -0.25) is 4.79 Å². The molecule has 2 heterocycles. The molecule has 25 heavy (non-hydrogen) atoms. The first-order chi connectivity index (χ1) is 12.1. The molecule has 1 aliphatic rings. The van der Waals surface area contributed by atoms with E-state index in [-0.39, 0.29) is 6.79 Å². The second-order valence-electron chi connectivity index (χ2n) is 5.48. The van der Waals surface area contributed by atoms with Gasteiger partial charge in [-0.25, -0.2) is 9.97 Å². The monoisotopic (exact) mass is 356 g/mol. The van der Waals surface area contributed by atoms with Gasteiger partial charge in [-0.1, -0.05) is 17.7 Å². The summed E-state index contributed by atoms with van der Waals surface area (Å²) in [5, 5.41) is 4.32. The molecule has 3 N–H and O–H groups in total. The Morgan fingerprint density at radius 2 is 2.00 bits per heavy atom. The molecule has 0 saturated carbocycles. The summed E-state index contributed by atoms with van der Waals surface area (Å²) in [6.07, 6.45) is 1.41. The molecule has 0 aliphatic carbocycles. The van der Waals surface area contributed by atoms with Gasteiger partial charge in [0.15, 0.2) is 11.5 Å². The Balaban J connectivity index is 1.74. The molecule has 7 nitrogen and oxygen atoms in total. The molecule has 126 valence electrons. The van der Waals surface area contributed by atoms with Gasteiger partial charge in [0.2, 0.25) is 12.7 Å². The van der Waals surface area contributed by atoms with E-state index in [1.165, 1.54) is 6.33 Å². The number of rotatable bonds is 4. The Bertz CT molecular complexity index is 979. The fraction of sp³-hybridized carbons (Fsp3) is 0.118. The zero-order valence-corrected chi connectivity index (χ0v) is 13.7. The number of fused-ring (bicyclic) bond motifs is 2. The van der Waals surface area contributed by atoms with Crippen molar-refractivity contribution in [1.82, 2.24) is 9.97 Å². The maximum Gasteiger partial charge on any atom is 0.244 e. The first-order valence-corrected chi connectivity index (χ1v) is 7.85. The van der Waals surface area contributed by atoms with Gasteiger partial charge in [-0.15, -0.1) is 0 Å². The van der Waals surface area contributed by atoms with Crippen LogP contribution in [-0.4, -0.2) is 22.7 Å². The predicted octanol–water partition coefficient (Wildman–Crippen LogP) is 2.65. The molecule has 1 amide bonds.